The molecule has 18 heavy (non-hydrogen) atoms. The first kappa shape index (κ1) is 14.5. The van der Waals surface area contributed by atoms with Crippen molar-refractivity contribution in [2.45, 2.75) is 6.92 Å². The van der Waals surface area contributed by atoms with Crippen LogP contribution < -0.4 is 11.1 Å². The van der Waals surface area contributed by atoms with E-state index in [1.54, 1.807) is 0 Å². The Bertz CT molecular complexity index is 485. The average Bonchev–Trinajstić information content (AvgIpc) is 2.31. The SMILES string of the molecule is CC(C(=O)Nc1c(Cl)cc(F)cc1Cl)C(N)=NO. The average molecular weight is 294 g/mol. The van der Waals surface area contributed by atoms with Gasteiger partial charge in [-0.1, -0.05) is 28.4 Å². The molecule has 0 radical (unpaired) electrons. The number of nitrogens with two attached hydrogens (primary N) is 1. The molecule has 0 aromatic heterocycles. The molecule has 0 saturated heterocycles. The Hall–Kier alpha value is -1.53. The molecule has 1 aromatic rings. The molecule has 1 atom stereocenters. The number of anilines is 1. The largest absolute Gasteiger partial charge is 0.409 e. The van der Waals surface area contributed by atoms with E-state index < -0.39 is 17.6 Å². The summed E-state index contributed by atoms with van der Waals surface area (Å²) in [4.78, 5) is 11.7. The number of benzene rings is 1. The van der Waals surface area contributed by atoms with Gasteiger partial charge in [0.05, 0.1) is 21.7 Å². The summed E-state index contributed by atoms with van der Waals surface area (Å²) >= 11 is 11.5. The lowest BCUT2D eigenvalue weighted by Crippen LogP contribution is -2.32. The Balaban J connectivity index is 2.96. The fourth-order valence-electron chi connectivity index (χ4n) is 1.11. The molecule has 0 fully saturated rings. The molecule has 4 N–H and O–H groups in total. The van der Waals surface area contributed by atoms with E-state index in [0.717, 1.165) is 12.1 Å². The number of carbonyl (C=O) groups is 1. The maximum absolute atomic E-state index is 12.9. The first-order valence-electron chi connectivity index (χ1n) is 4.79. The van der Waals surface area contributed by atoms with Gasteiger partial charge in [-0.05, 0) is 19.1 Å². The van der Waals surface area contributed by atoms with Gasteiger partial charge >= 0.3 is 0 Å². The van der Waals surface area contributed by atoms with Crippen LogP contribution in [0.15, 0.2) is 17.3 Å². The quantitative estimate of drug-likeness (QED) is 0.346. The highest BCUT2D eigenvalue weighted by Crippen LogP contribution is 2.31. The van der Waals surface area contributed by atoms with E-state index in [9.17, 15) is 9.18 Å². The molecule has 8 heteroatoms. The monoisotopic (exact) mass is 293 g/mol. The van der Waals surface area contributed by atoms with Crippen molar-refractivity contribution >= 4 is 40.6 Å². The maximum Gasteiger partial charge on any atom is 0.235 e. The second kappa shape index (κ2) is 5.88. The molecular weight excluding hydrogens is 284 g/mol. The van der Waals surface area contributed by atoms with Crippen LogP contribution in [0.2, 0.25) is 10.0 Å². The summed E-state index contributed by atoms with van der Waals surface area (Å²) in [5.41, 5.74) is 5.36. The van der Waals surface area contributed by atoms with Gasteiger partial charge in [-0.15, -0.1) is 0 Å². The zero-order chi connectivity index (χ0) is 13.9. The van der Waals surface area contributed by atoms with Crippen LogP contribution in [0.5, 0.6) is 0 Å². The molecule has 1 unspecified atom stereocenters. The van der Waals surface area contributed by atoms with Gasteiger partial charge in [0.25, 0.3) is 0 Å². The zero-order valence-corrected chi connectivity index (χ0v) is 10.8. The van der Waals surface area contributed by atoms with Crippen LogP contribution in [-0.4, -0.2) is 17.0 Å². The zero-order valence-electron chi connectivity index (χ0n) is 9.25. The number of halogens is 3. The van der Waals surface area contributed by atoms with Crippen molar-refractivity contribution in [2.75, 3.05) is 5.32 Å². The van der Waals surface area contributed by atoms with Crippen molar-refractivity contribution in [1.82, 2.24) is 0 Å². The topological polar surface area (TPSA) is 87.7 Å². The molecule has 0 saturated carbocycles. The Morgan fingerprint density at radius 3 is 2.44 bits per heavy atom. The van der Waals surface area contributed by atoms with E-state index in [1.165, 1.54) is 6.92 Å². The summed E-state index contributed by atoms with van der Waals surface area (Å²) in [5, 5.41) is 13.5. The predicted molar refractivity (Wildman–Crippen MR) is 67.6 cm³/mol. The van der Waals surface area contributed by atoms with Crippen LogP contribution in [0.1, 0.15) is 6.92 Å². The Morgan fingerprint density at radius 1 is 1.50 bits per heavy atom. The number of rotatable bonds is 3. The molecule has 98 valence electrons. The van der Waals surface area contributed by atoms with E-state index in [2.05, 4.69) is 10.5 Å². The standard InChI is InChI=1S/C10H10Cl2FN3O2/c1-4(9(14)16-18)10(17)15-8-6(11)2-5(13)3-7(8)12/h2-4,18H,1H3,(H2,14,16)(H,15,17). The number of amides is 1. The van der Waals surface area contributed by atoms with Gasteiger partial charge in [-0.2, -0.15) is 0 Å². The van der Waals surface area contributed by atoms with E-state index in [0.29, 0.717) is 0 Å². The maximum atomic E-state index is 12.9. The lowest BCUT2D eigenvalue weighted by Gasteiger charge is -2.13. The minimum Gasteiger partial charge on any atom is -0.409 e. The Labute approximate surface area is 112 Å². The van der Waals surface area contributed by atoms with E-state index in [4.69, 9.17) is 34.1 Å². The van der Waals surface area contributed by atoms with Crippen molar-refractivity contribution in [3.05, 3.63) is 28.0 Å². The fraction of sp³-hybridized carbons (Fsp3) is 0.200. The Kier molecular flexibility index (Phi) is 4.75. The molecule has 0 aliphatic rings. The lowest BCUT2D eigenvalue weighted by molar-refractivity contribution is -0.117. The van der Waals surface area contributed by atoms with Gasteiger partial charge < -0.3 is 16.3 Å². The normalized spacial score (nSPS) is 13.2. The van der Waals surface area contributed by atoms with Crippen molar-refractivity contribution in [3.63, 3.8) is 0 Å². The van der Waals surface area contributed by atoms with Crippen LogP contribution in [-0.2, 0) is 4.79 Å². The second-order valence-corrected chi connectivity index (χ2v) is 4.29. The minimum absolute atomic E-state index is 0.0416. The molecule has 0 aliphatic heterocycles. The number of nitrogens with one attached hydrogen (secondary N) is 1. The van der Waals surface area contributed by atoms with Crippen LogP contribution in [0.3, 0.4) is 0 Å². The first-order valence-corrected chi connectivity index (χ1v) is 5.55. The Morgan fingerprint density at radius 2 is 2.00 bits per heavy atom. The van der Waals surface area contributed by atoms with Crippen molar-refractivity contribution in [2.24, 2.45) is 16.8 Å². The number of oxime groups is 1. The third kappa shape index (κ3) is 3.24. The van der Waals surface area contributed by atoms with Gasteiger partial charge in [-0.25, -0.2) is 4.39 Å². The summed E-state index contributed by atoms with van der Waals surface area (Å²) < 4.78 is 12.9. The summed E-state index contributed by atoms with van der Waals surface area (Å²) in [6.45, 7) is 1.43. The summed E-state index contributed by atoms with van der Waals surface area (Å²) in [7, 11) is 0. The van der Waals surface area contributed by atoms with Gasteiger partial charge in [0.1, 0.15) is 5.82 Å². The van der Waals surface area contributed by atoms with Crippen molar-refractivity contribution < 1.29 is 14.4 Å². The van der Waals surface area contributed by atoms with Crippen LogP contribution >= 0.6 is 23.2 Å². The van der Waals surface area contributed by atoms with Crippen LogP contribution in [0, 0.1) is 11.7 Å². The van der Waals surface area contributed by atoms with E-state index >= 15 is 0 Å². The summed E-state index contributed by atoms with van der Waals surface area (Å²) in [6.07, 6.45) is 0. The fourth-order valence-corrected chi connectivity index (χ4v) is 1.67. The van der Waals surface area contributed by atoms with Gasteiger partial charge in [-0.3, -0.25) is 4.79 Å². The molecule has 5 nitrogen and oxygen atoms in total. The predicted octanol–water partition coefficient (Wildman–Crippen LogP) is 2.45. The van der Waals surface area contributed by atoms with Gasteiger partial charge in [0, 0.05) is 0 Å². The highest BCUT2D eigenvalue weighted by molar-refractivity contribution is 6.39. The molecule has 0 spiro atoms. The van der Waals surface area contributed by atoms with Crippen LogP contribution in [0.4, 0.5) is 10.1 Å². The first-order chi connectivity index (χ1) is 8.36. The minimum atomic E-state index is -0.882. The van der Waals surface area contributed by atoms with Crippen molar-refractivity contribution in [3.8, 4) is 0 Å². The van der Waals surface area contributed by atoms with E-state index in [1.807, 2.05) is 0 Å². The third-order valence-corrected chi connectivity index (χ3v) is 2.80. The molecule has 1 amide bonds. The van der Waals surface area contributed by atoms with Gasteiger partial charge in [0.15, 0.2) is 5.84 Å². The van der Waals surface area contributed by atoms with Crippen molar-refractivity contribution in [1.29, 1.82) is 0 Å². The molecule has 0 bridgehead atoms. The molecule has 1 aromatic carbocycles. The number of amidine groups is 1. The molecule has 1 rings (SSSR count). The molecular formula is C10H10Cl2FN3O2. The second-order valence-electron chi connectivity index (χ2n) is 3.48. The number of nitrogens with zero attached hydrogens (tertiary/aromatic N) is 1. The van der Waals surface area contributed by atoms with Gasteiger partial charge in [0.2, 0.25) is 5.91 Å². The number of hydrogen-bond acceptors (Lipinski definition) is 3. The summed E-state index contributed by atoms with van der Waals surface area (Å²) in [6, 6.07) is 2.02. The highest BCUT2D eigenvalue weighted by Gasteiger charge is 2.20. The number of carbonyl (C=O) groups excluding carboxylic acids is 1. The third-order valence-electron chi connectivity index (χ3n) is 2.21. The smallest absolute Gasteiger partial charge is 0.235 e. The molecule has 0 heterocycles. The highest BCUT2D eigenvalue weighted by atomic mass is 35.5. The van der Waals surface area contributed by atoms with E-state index in [-0.39, 0.29) is 21.6 Å². The number of hydrogen-bond donors (Lipinski definition) is 3. The lowest BCUT2D eigenvalue weighted by atomic mass is 10.1. The summed E-state index contributed by atoms with van der Waals surface area (Å²) in [5.74, 6) is -2.35. The molecule has 0 aliphatic carbocycles. The van der Waals surface area contributed by atoms with Crippen LogP contribution in [0.25, 0.3) is 0 Å².